The summed E-state index contributed by atoms with van der Waals surface area (Å²) in [6.45, 7) is 6.15. The number of carbonyl (C=O) groups is 1. The van der Waals surface area contributed by atoms with Gasteiger partial charge in [-0.15, -0.1) is 10.2 Å². The minimum Gasteiger partial charge on any atom is -0.337 e. The van der Waals surface area contributed by atoms with Gasteiger partial charge in [-0.2, -0.15) is 0 Å². The van der Waals surface area contributed by atoms with Crippen molar-refractivity contribution in [3.8, 4) is 0 Å². The van der Waals surface area contributed by atoms with Crippen LogP contribution in [-0.4, -0.2) is 34.1 Å². The summed E-state index contributed by atoms with van der Waals surface area (Å²) in [5, 5.41) is 7.71. The third-order valence-corrected chi connectivity index (χ3v) is 2.95. The molecule has 1 heterocycles. The van der Waals surface area contributed by atoms with Gasteiger partial charge in [0.1, 0.15) is 0 Å². The van der Waals surface area contributed by atoms with Crippen LogP contribution in [0, 0.1) is 5.92 Å². The van der Waals surface area contributed by atoms with E-state index in [-0.39, 0.29) is 17.1 Å². The Bertz CT molecular complexity index is 364. The van der Waals surface area contributed by atoms with E-state index in [9.17, 15) is 4.79 Å². The molecule has 0 aliphatic rings. The van der Waals surface area contributed by atoms with Crippen LogP contribution < -0.4 is 0 Å². The zero-order chi connectivity index (χ0) is 12.3. The number of nitrogens with zero attached hydrogens (tertiary/aromatic N) is 3. The number of amides is 1. The van der Waals surface area contributed by atoms with Crippen molar-refractivity contribution in [2.75, 3.05) is 7.05 Å². The van der Waals surface area contributed by atoms with E-state index >= 15 is 0 Å². The van der Waals surface area contributed by atoms with E-state index in [1.807, 2.05) is 6.92 Å². The standard InChI is InChI=1S/C11H16ClN3O/c1-7(2)8(3)15(4)11(16)9-5-6-10(12)14-13-9/h5-8H,1-4H3. The van der Waals surface area contributed by atoms with Gasteiger partial charge in [-0.1, -0.05) is 25.4 Å². The molecule has 16 heavy (non-hydrogen) atoms. The van der Waals surface area contributed by atoms with Crippen LogP contribution in [0.5, 0.6) is 0 Å². The van der Waals surface area contributed by atoms with Crippen LogP contribution in [0.2, 0.25) is 5.15 Å². The number of hydrogen-bond acceptors (Lipinski definition) is 3. The third-order valence-electron chi connectivity index (χ3n) is 2.75. The molecule has 1 rings (SSSR count). The van der Waals surface area contributed by atoms with Gasteiger partial charge in [-0.3, -0.25) is 4.79 Å². The van der Waals surface area contributed by atoms with Crippen molar-refractivity contribution in [3.63, 3.8) is 0 Å². The second-order valence-electron chi connectivity index (χ2n) is 4.14. The average Bonchev–Trinajstić information content (AvgIpc) is 2.27. The molecule has 0 aliphatic carbocycles. The molecule has 1 aromatic rings. The Morgan fingerprint density at radius 3 is 2.38 bits per heavy atom. The molecule has 0 aromatic carbocycles. The molecule has 0 aliphatic heterocycles. The maximum Gasteiger partial charge on any atom is 0.274 e. The summed E-state index contributed by atoms with van der Waals surface area (Å²) in [7, 11) is 1.77. The third kappa shape index (κ3) is 2.92. The lowest BCUT2D eigenvalue weighted by Gasteiger charge is -2.27. The minimum absolute atomic E-state index is 0.134. The molecule has 0 saturated carbocycles. The Labute approximate surface area is 101 Å². The molecule has 1 aromatic heterocycles. The predicted octanol–water partition coefficient (Wildman–Crippen LogP) is 2.25. The van der Waals surface area contributed by atoms with Crippen LogP contribution >= 0.6 is 11.6 Å². The van der Waals surface area contributed by atoms with Crippen molar-refractivity contribution < 1.29 is 4.79 Å². The summed E-state index contributed by atoms with van der Waals surface area (Å²) >= 11 is 5.61. The first-order valence-electron chi connectivity index (χ1n) is 5.20. The zero-order valence-electron chi connectivity index (χ0n) is 9.94. The van der Waals surface area contributed by atoms with Crippen molar-refractivity contribution in [1.29, 1.82) is 0 Å². The quantitative estimate of drug-likeness (QED) is 0.816. The Hall–Kier alpha value is -1.16. The Morgan fingerprint density at radius 2 is 1.94 bits per heavy atom. The smallest absolute Gasteiger partial charge is 0.274 e. The largest absolute Gasteiger partial charge is 0.337 e. The number of hydrogen-bond donors (Lipinski definition) is 0. The molecule has 1 atom stereocenters. The number of rotatable bonds is 3. The Kier molecular flexibility index (Phi) is 4.24. The summed E-state index contributed by atoms with van der Waals surface area (Å²) in [6.07, 6.45) is 0. The average molecular weight is 242 g/mol. The highest BCUT2D eigenvalue weighted by Gasteiger charge is 2.20. The van der Waals surface area contributed by atoms with E-state index in [1.165, 1.54) is 0 Å². The topological polar surface area (TPSA) is 46.1 Å². The summed E-state index contributed by atoms with van der Waals surface area (Å²) in [4.78, 5) is 13.7. The lowest BCUT2D eigenvalue weighted by molar-refractivity contribution is 0.0700. The molecule has 1 amide bonds. The van der Waals surface area contributed by atoms with Gasteiger partial charge in [-0.05, 0) is 25.0 Å². The Morgan fingerprint density at radius 1 is 1.31 bits per heavy atom. The van der Waals surface area contributed by atoms with Crippen LogP contribution in [0.4, 0.5) is 0 Å². The van der Waals surface area contributed by atoms with Crippen LogP contribution in [-0.2, 0) is 0 Å². The van der Waals surface area contributed by atoms with Gasteiger partial charge in [0.15, 0.2) is 10.8 Å². The molecule has 0 spiro atoms. The minimum atomic E-state index is -0.134. The monoisotopic (exact) mass is 241 g/mol. The molecular weight excluding hydrogens is 226 g/mol. The van der Waals surface area contributed by atoms with Gasteiger partial charge in [0.2, 0.25) is 0 Å². The van der Waals surface area contributed by atoms with Gasteiger partial charge in [-0.25, -0.2) is 0 Å². The first-order valence-corrected chi connectivity index (χ1v) is 5.57. The highest BCUT2D eigenvalue weighted by molar-refractivity contribution is 6.29. The normalized spacial score (nSPS) is 12.6. The molecule has 0 N–H and O–H groups in total. The van der Waals surface area contributed by atoms with Crippen molar-refractivity contribution in [2.24, 2.45) is 5.92 Å². The second-order valence-corrected chi connectivity index (χ2v) is 4.53. The lowest BCUT2D eigenvalue weighted by atomic mass is 10.1. The van der Waals surface area contributed by atoms with Crippen molar-refractivity contribution >= 4 is 17.5 Å². The van der Waals surface area contributed by atoms with Crippen LogP contribution in [0.1, 0.15) is 31.3 Å². The van der Waals surface area contributed by atoms with Crippen molar-refractivity contribution in [3.05, 3.63) is 23.0 Å². The SMILES string of the molecule is CC(C)C(C)N(C)C(=O)c1ccc(Cl)nn1. The molecule has 0 radical (unpaired) electrons. The van der Waals surface area contributed by atoms with Gasteiger partial charge in [0.25, 0.3) is 5.91 Å². The van der Waals surface area contributed by atoms with Crippen molar-refractivity contribution in [1.82, 2.24) is 15.1 Å². The maximum absolute atomic E-state index is 12.0. The van der Waals surface area contributed by atoms with Crippen LogP contribution in [0.3, 0.4) is 0 Å². The van der Waals surface area contributed by atoms with E-state index < -0.39 is 0 Å². The highest BCUT2D eigenvalue weighted by atomic mass is 35.5. The summed E-state index contributed by atoms with van der Waals surface area (Å²) in [5.74, 6) is 0.263. The van der Waals surface area contributed by atoms with Crippen LogP contribution in [0.15, 0.2) is 12.1 Å². The number of carbonyl (C=O) groups excluding carboxylic acids is 1. The first-order chi connectivity index (χ1) is 7.43. The predicted molar refractivity (Wildman–Crippen MR) is 63.4 cm³/mol. The molecule has 88 valence electrons. The molecule has 1 unspecified atom stereocenters. The molecular formula is C11H16ClN3O. The maximum atomic E-state index is 12.0. The fraction of sp³-hybridized carbons (Fsp3) is 0.545. The lowest BCUT2D eigenvalue weighted by Crippen LogP contribution is -2.38. The van der Waals surface area contributed by atoms with Crippen molar-refractivity contribution in [2.45, 2.75) is 26.8 Å². The summed E-state index contributed by atoms with van der Waals surface area (Å²) in [5.41, 5.74) is 0.319. The fourth-order valence-electron chi connectivity index (χ4n) is 1.24. The van der Waals surface area contributed by atoms with E-state index in [0.29, 0.717) is 11.6 Å². The first kappa shape index (κ1) is 12.9. The second kappa shape index (κ2) is 5.25. The molecule has 4 nitrogen and oxygen atoms in total. The molecule has 0 bridgehead atoms. The van der Waals surface area contributed by atoms with Gasteiger partial charge in [0, 0.05) is 13.1 Å². The fourth-order valence-corrected chi connectivity index (χ4v) is 1.34. The van der Waals surface area contributed by atoms with E-state index in [4.69, 9.17) is 11.6 Å². The highest BCUT2D eigenvalue weighted by Crippen LogP contribution is 2.11. The Balaban J connectivity index is 2.82. The van der Waals surface area contributed by atoms with Gasteiger partial charge >= 0.3 is 0 Å². The summed E-state index contributed by atoms with van der Waals surface area (Å²) in [6, 6.07) is 3.31. The molecule has 0 fully saturated rings. The van der Waals surface area contributed by atoms with E-state index in [0.717, 1.165) is 0 Å². The van der Waals surface area contributed by atoms with E-state index in [2.05, 4.69) is 24.0 Å². The zero-order valence-corrected chi connectivity index (χ0v) is 10.7. The van der Waals surface area contributed by atoms with Gasteiger partial charge in [0.05, 0.1) is 0 Å². The summed E-state index contributed by atoms with van der Waals surface area (Å²) < 4.78 is 0. The van der Waals surface area contributed by atoms with Gasteiger partial charge < -0.3 is 4.90 Å². The molecule has 0 saturated heterocycles. The number of halogens is 1. The van der Waals surface area contributed by atoms with Crippen LogP contribution in [0.25, 0.3) is 0 Å². The number of aromatic nitrogens is 2. The van der Waals surface area contributed by atoms with E-state index in [1.54, 1.807) is 24.1 Å². The molecule has 5 heteroatoms.